The lowest BCUT2D eigenvalue weighted by atomic mass is 10.0. The molecule has 0 saturated heterocycles. The first-order valence-corrected chi connectivity index (χ1v) is 13.6. The summed E-state index contributed by atoms with van der Waals surface area (Å²) in [6.07, 6.45) is 8.92. The number of benzene rings is 1. The fraction of sp³-hybridized carbons (Fsp3) is 0.300. The van der Waals surface area contributed by atoms with Gasteiger partial charge in [0.1, 0.15) is 17.4 Å². The highest BCUT2D eigenvalue weighted by atomic mass is 35.5. The molecule has 41 heavy (non-hydrogen) atoms. The summed E-state index contributed by atoms with van der Waals surface area (Å²) in [6.45, 7) is 6.57. The maximum atomic E-state index is 15.0. The number of nitrogens with zero attached hydrogens (tertiary/aromatic N) is 5. The molecule has 2 heterocycles. The first-order valence-electron chi connectivity index (χ1n) is 13.2. The van der Waals surface area contributed by atoms with Gasteiger partial charge in [0.15, 0.2) is 5.82 Å². The number of anilines is 2. The first kappa shape index (κ1) is 29.7. The molecule has 0 aliphatic heterocycles. The third-order valence-corrected chi connectivity index (χ3v) is 7.24. The van der Waals surface area contributed by atoms with E-state index in [1.165, 1.54) is 23.1 Å². The number of aromatic nitrogens is 2. The van der Waals surface area contributed by atoms with E-state index in [9.17, 15) is 14.7 Å². The molecule has 4 rings (SSSR count). The van der Waals surface area contributed by atoms with Gasteiger partial charge in [0.25, 0.3) is 0 Å². The molecule has 1 unspecified atom stereocenters. The Morgan fingerprint density at radius 3 is 2.76 bits per heavy atom. The van der Waals surface area contributed by atoms with Crippen molar-refractivity contribution in [3.63, 3.8) is 0 Å². The van der Waals surface area contributed by atoms with Crippen molar-refractivity contribution >= 4 is 41.8 Å². The molecule has 2 amide bonds. The van der Waals surface area contributed by atoms with Crippen LogP contribution in [0.1, 0.15) is 43.2 Å². The lowest BCUT2D eigenvalue weighted by Crippen LogP contribution is -2.45. The van der Waals surface area contributed by atoms with Gasteiger partial charge in [-0.15, -0.1) is 6.58 Å². The Hall–Kier alpha value is -4.31. The monoisotopic (exact) mass is 578 g/mol. The van der Waals surface area contributed by atoms with Crippen LogP contribution in [0, 0.1) is 5.82 Å². The molecule has 1 saturated carbocycles. The van der Waals surface area contributed by atoms with Crippen molar-refractivity contribution in [2.75, 3.05) is 25.0 Å². The quantitative estimate of drug-likeness (QED) is 0.125. The van der Waals surface area contributed by atoms with E-state index >= 15 is 4.39 Å². The van der Waals surface area contributed by atoms with Crippen LogP contribution in [0.3, 0.4) is 0 Å². The Labute approximate surface area is 243 Å². The number of phenolic OH excluding ortho intramolecular Hbond substituents is 1. The number of pyridine rings is 2. The number of carbonyl (C=O) groups excluding carboxylic acids is 2. The van der Waals surface area contributed by atoms with E-state index in [2.05, 4.69) is 21.9 Å². The second-order valence-corrected chi connectivity index (χ2v) is 10.1. The zero-order valence-corrected chi connectivity index (χ0v) is 23.7. The number of hydrogen-bond acceptors (Lipinski definition) is 6. The molecular weight excluding hydrogens is 547 g/mol. The fourth-order valence-electron chi connectivity index (χ4n) is 4.80. The zero-order valence-electron chi connectivity index (χ0n) is 22.9. The zero-order chi connectivity index (χ0) is 29.5. The summed E-state index contributed by atoms with van der Waals surface area (Å²) in [5.74, 6) is -0.206. The summed E-state index contributed by atoms with van der Waals surface area (Å²) in [5, 5.41) is 13.3. The molecule has 214 valence electrons. The summed E-state index contributed by atoms with van der Waals surface area (Å²) >= 11 is 6.73. The van der Waals surface area contributed by atoms with Crippen LogP contribution in [0.5, 0.6) is 5.75 Å². The molecule has 0 bridgehead atoms. The molecule has 11 heteroatoms. The average Bonchev–Trinajstić information content (AvgIpc) is 3.81. The Balaban J connectivity index is 1.98. The van der Waals surface area contributed by atoms with E-state index in [4.69, 9.17) is 16.6 Å². The Morgan fingerprint density at radius 1 is 1.34 bits per heavy atom. The molecule has 9 nitrogen and oxygen atoms in total. The third kappa shape index (κ3) is 6.38. The highest BCUT2D eigenvalue weighted by molar-refractivity contribution is 6.33. The molecule has 1 aromatic carbocycles. The van der Waals surface area contributed by atoms with E-state index in [0.717, 1.165) is 18.4 Å². The first-order chi connectivity index (χ1) is 19.9. The molecule has 1 aliphatic rings. The minimum absolute atomic E-state index is 0.0290. The maximum Gasteiger partial charge on any atom is 0.219 e. The Morgan fingerprint density at radius 2 is 2.12 bits per heavy atom. The van der Waals surface area contributed by atoms with Crippen LogP contribution in [-0.2, 0) is 9.59 Å². The summed E-state index contributed by atoms with van der Waals surface area (Å²) < 4.78 is 15.0. The summed E-state index contributed by atoms with van der Waals surface area (Å²) in [7, 11) is 1.61. The fourth-order valence-corrected chi connectivity index (χ4v) is 5.04. The standard InChI is InChI=1S/C30H32ClFN6O3/c1-4-5-13-37(19(2)15-35-17-39)29(33-3)21-14-23(31)28(27-24(32)7-6-8-26(27)41)36-30(21)38(18-40)25-11-12-34-16-22(25)20-9-10-20/h4,6-8,11-12,14,16-20,41H,1,5,9-10,13,15H2,2-3H3,(H,35,39)/b33-29+. The van der Waals surface area contributed by atoms with Crippen molar-refractivity contribution in [3.8, 4) is 17.0 Å². The van der Waals surface area contributed by atoms with Gasteiger partial charge in [0, 0.05) is 38.6 Å². The van der Waals surface area contributed by atoms with Gasteiger partial charge in [-0.2, -0.15) is 0 Å². The largest absolute Gasteiger partial charge is 0.507 e. The molecule has 2 aromatic heterocycles. The predicted octanol–water partition coefficient (Wildman–Crippen LogP) is 5.20. The van der Waals surface area contributed by atoms with Crippen molar-refractivity contribution < 1.29 is 19.1 Å². The smallest absolute Gasteiger partial charge is 0.219 e. The van der Waals surface area contributed by atoms with Crippen LogP contribution in [0.4, 0.5) is 15.9 Å². The van der Waals surface area contributed by atoms with Crippen LogP contribution in [0.15, 0.2) is 60.4 Å². The van der Waals surface area contributed by atoms with Crippen LogP contribution in [0.25, 0.3) is 11.3 Å². The lowest BCUT2D eigenvalue weighted by Gasteiger charge is -2.33. The summed E-state index contributed by atoms with van der Waals surface area (Å²) in [5.41, 5.74) is 1.67. The molecule has 3 aromatic rings. The highest BCUT2D eigenvalue weighted by Gasteiger charge is 2.32. The van der Waals surface area contributed by atoms with Crippen molar-refractivity contribution in [1.29, 1.82) is 0 Å². The second kappa shape index (κ2) is 13.4. The van der Waals surface area contributed by atoms with Crippen molar-refractivity contribution in [2.24, 2.45) is 4.99 Å². The van der Waals surface area contributed by atoms with E-state index in [-0.39, 0.29) is 39.8 Å². The van der Waals surface area contributed by atoms with Crippen molar-refractivity contribution in [3.05, 3.63) is 77.3 Å². The lowest BCUT2D eigenvalue weighted by molar-refractivity contribution is -0.109. The minimum atomic E-state index is -0.719. The summed E-state index contributed by atoms with van der Waals surface area (Å²) in [4.78, 5) is 40.8. The SMILES string of the molecule is C=CCCN(/C(=N/C)c1cc(Cl)c(-c2c(O)cccc2F)nc1N(C=O)c1ccncc1C1CC1)C(C)CNC=O. The average molecular weight is 579 g/mol. The number of nitrogens with one attached hydrogen (secondary N) is 1. The predicted molar refractivity (Wildman–Crippen MR) is 158 cm³/mol. The van der Waals surface area contributed by atoms with Gasteiger partial charge in [-0.1, -0.05) is 23.7 Å². The molecule has 1 atom stereocenters. The Kier molecular flexibility index (Phi) is 9.67. The maximum absolute atomic E-state index is 15.0. The van der Waals surface area contributed by atoms with Crippen LogP contribution in [-0.4, -0.2) is 64.8 Å². The van der Waals surface area contributed by atoms with Gasteiger partial charge >= 0.3 is 0 Å². The topological polar surface area (TPSA) is 111 Å². The molecule has 0 radical (unpaired) electrons. The number of amides is 2. The van der Waals surface area contributed by atoms with Gasteiger partial charge in [-0.3, -0.25) is 24.5 Å². The van der Waals surface area contributed by atoms with Crippen LogP contribution >= 0.6 is 11.6 Å². The number of aromatic hydroxyl groups is 1. The van der Waals surface area contributed by atoms with E-state index in [1.54, 1.807) is 37.7 Å². The molecule has 0 spiro atoms. The summed E-state index contributed by atoms with van der Waals surface area (Å²) in [6, 6.07) is 7.01. The molecule has 2 N–H and O–H groups in total. The van der Waals surface area contributed by atoms with Gasteiger partial charge in [0.05, 0.1) is 27.5 Å². The number of phenols is 1. The number of rotatable bonds is 13. The van der Waals surface area contributed by atoms with Crippen molar-refractivity contribution in [2.45, 2.75) is 38.1 Å². The number of halogens is 2. The van der Waals surface area contributed by atoms with Gasteiger partial charge in [-0.05, 0) is 61.9 Å². The van der Waals surface area contributed by atoms with E-state index < -0.39 is 5.82 Å². The minimum Gasteiger partial charge on any atom is -0.507 e. The molecule has 1 fully saturated rings. The van der Waals surface area contributed by atoms with Gasteiger partial charge < -0.3 is 15.3 Å². The number of carbonyl (C=O) groups is 2. The van der Waals surface area contributed by atoms with Gasteiger partial charge in [-0.25, -0.2) is 9.37 Å². The van der Waals surface area contributed by atoms with Crippen LogP contribution in [0.2, 0.25) is 5.02 Å². The number of aliphatic imine (C=N–C) groups is 1. The number of amidine groups is 1. The normalized spacial score (nSPS) is 13.8. The third-order valence-electron chi connectivity index (χ3n) is 6.95. The second-order valence-electron chi connectivity index (χ2n) is 9.70. The number of hydrogen-bond donors (Lipinski definition) is 2. The van der Waals surface area contributed by atoms with E-state index in [0.29, 0.717) is 49.4 Å². The Bertz CT molecular complexity index is 1440. The van der Waals surface area contributed by atoms with E-state index in [1.807, 2.05) is 11.8 Å². The van der Waals surface area contributed by atoms with Crippen LogP contribution < -0.4 is 10.2 Å². The van der Waals surface area contributed by atoms with Gasteiger partial charge in [0.2, 0.25) is 12.8 Å². The molecule has 1 aliphatic carbocycles. The molecular formula is C30H32ClFN6O3. The highest BCUT2D eigenvalue weighted by Crippen LogP contribution is 2.46. The van der Waals surface area contributed by atoms with Crippen molar-refractivity contribution in [1.82, 2.24) is 20.2 Å².